The first-order valence-corrected chi connectivity index (χ1v) is 3.84. The first-order valence-electron chi connectivity index (χ1n) is 2.26. The van der Waals surface area contributed by atoms with E-state index in [2.05, 4.69) is 4.39 Å². The third-order valence-corrected chi connectivity index (χ3v) is 1.63. The number of hydrogen-bond donors (Lipinski definition) is 1. The maximum Gasteiger partial charge on any atom is 1.00 e. The summed E-state index contributed by atoms with van der Waals surface area (Å²) in [5, 5.41) is 8.08. The summed E-state index contributed by atoms with van der Waals surface area (Å²) in [6, 6.07) is 0. The largest absolute Gasteiger partial charge is 1.00 e. The minimum Gasteiger partial charge on any atom is -1.00 e. The zero-order chi connectivity index (χ0) is 7.33. The molecule has 0 radical (unpaired) electrons. The van der Waals surface area contributed by atoms with Gasteiger partial charge in [0.25, 0.3) is 10.1 Å². The molecule has 0 atom stereocenters. The molecule has 0 aromatic carbocycles. The topological polar surface area (TPSA) is 63.6 Å². The maximum atomic E-state index is 10.9. The molecule has 0 rings (SSSR count). The molecule has 8 heteroatoms. The van der Waals surface area contributed by atoms with E-state index in [1.807, 2.05) is 0 Å². The van der Waals surface area contributed by atoms with Crippen molar-refractivity contribution in [2.45, 2.75) is 6.42 Å². The van der Waals surface area contributed by atoms with Crippen molar-refractivity contribution in [2.24, 2.45) is 0 Å². The van der Waals surface area contributed by atoms with Crippen LogP contribution in [0.3, 0.4) is 0 Å². The van der Waals surface area contributed by atoms with Crippen LogP contribution in [0.25, 0.3) is 0 Å². The average molecular weight is 206 g/mol. The van der Waals surface area contributed by atoms with Gasteiger partial charge in [0.2, 0.25) is 0 Å². The van der Waals surface area contributed by atoms with Crippen molar-refractivity contribution >= 4 is 10.1 Å². The predicted molar refractivity (Wildman–Crippen MR) is 29.9 cm³/mol. The van der Waals surface area contributed by atoms with E-state index in [9.17, 15) is 12.9 Å². The van der Waals surface area contributed by atoms with E-state index >= 15 is 0 Å². The van der Waals surface area contributed by atoms with Gasteiger partial charge in [-0.2, -0.15) is 8.42 Å². The van der Waals surface area contributed by atoms with Crippen LogP contribution in [-0.4, -0.2) is 25.9 Å². The summed E-state index contributed by atoms with van der Waals surface area (Å²) < 4.78 is 33.6. The van der Waals surface area contributed by atoms with E-state index in [-0.39, 0.29) is 75.0 Å². The Morgan fingerprint density at radius 1 is 1.45 bits per heavy atom. The van der Waals surface area contributed by atoms with Crippen molar-refractivity contribution in [1.29, 1.82) is 0 Å². The van der Waals surface area contributed by atoms with Gasteiger partial charge in [-0.05, 0) is 10.9 Å². The molecule has 0 aliphatic carbocycles. The van der Waals surface area contributed by atoms with Crippen molar-refractivity contribution in [3.05, 3.63) is 0 Å². The van der Waals surface area contributed by atoms with Gasteiger partial charge < -0.3 is 7.96 Å². The van der Waals surface area contributed by atoms with E-state index in [1.165, 1.54) is 0 Å². The van der Waals surface area contributed by atoms with Crippen LogP contribution in [0, 0.1) is 0 Å². The zero-order valence-electron chi connectivity index (χ0n) is 8.58. The van der Waals surface area contributed by atoms with Crippen LogP contribution in [-0.2, 0) is 14.5 Å². The second kappa shape index (κ2) is 9.88. The fourth-order valence-electron chi connectivity index (χ4n) is 0.273. The van der Waals surface area contributed by atoms with E-state index in [0.29, 0.717) is 0 Å². The zero-order valence-corrected chi connectivity index (χ0v) is 11.4. The Balaban J connectivity index is -0.0000000533. The van der Waals surface area contributed by atoms with Crippen LogP contribution in [0.1, 0.15) is 9.27 Å². The van der Waals surface area contributed by atoms with E-state index in [4.69, 9.17) is 5.11 Å². The summed E-state index contributed by atoms with van der Waals surface area (Å²) in [6.45, 7) is -0.289. The molecule has 0 saturated carbocycles. The molecule has 0 aliphatic heterocycles. The first-order chi connectivity index (χ1) is 4.12. The summed E-state index contributed by atoms with van der Waals surface area (Å²) in [6.07, 6.45) is -0.00769. The van der Waals surface area contributed by atoms with Crippen molar-refractivity contribution < 1.29 is 84.4 Å². The minimum atomic E-state index is -4.01. The molecule has 4 nitrogen and oxygen atoms in total. The van der Waals surface area contributed by atoms with Crippen LogP contribution in [0.2, 0.25) is 0 Å². The van der Waals surface area contributed by atoms with Gasteiger partial charge in [-0.15, -0.1) is 0 Å². The number of rotatable bonds is 4. The quantitative estimate of drug-likeness (QED) is 0.465. The Bertz CT molecular complexity index is 167. The minimum absolute atomic E-state index is 0. The van der Waals surface area contributed by atoms with Crippen molar-refractivity contribution in [1.82, 2.24) is 0 Å². The van der Waals surface area contributed by atoms with Crippen LogP contribution >= 0.6 is 0 Å². The van der Waals surface area contributed by atoms with Crippen LogP contribution in [0.5, 0.6) is 0 Å². The molecule has 1 N–H and O–H groups in total. The van der Waals surface area contributed by atoms with Crippen molar-refractivity contribution in [2.75, 3.05) is 12.4 Å². The van der Waals surface area contributed by atoms with Crippen molar-refractivity contribution in [3.63, 3.8) is 0 Å². The van der Waals surface area contributed by atoms with Gasteiger partial charge in [0, 0.05) is 6.61 Å². The smallest absolute Gasteiger partial charge is 1.00 e. The van der Waals surface area contributed by atoms with Crippen LogP contribution < -0.4 is 59.1 Å². The second-order valence-electron chi connectivity index (χ2n) is 1.40. The van der Waals surface area contributed by atoms with E-state index in [1.54, 1.807) is 0 Å². The molecule has 11 heavy (non-hydrogen) atoms. The normalized spacial score (nSPS) is 9.64. The Hall–Kier alpha value is 1.80. The molecule has 0 aromatic rings. The van der Waals surface area contributed by atoms with Gasteiger partial charge >= 0.3 is 59.1 Å². The Morgan fingerprint density at radius 2 is 1.91 bits per heavy atom. The Kier molecular flexibility index (Phi) is 16.7. The fourth-order valence-corrected chi connectivity index (χ4v) is 0.818. The number of halogens is 1. The fraction of sp³-hybridized carbons (Fsp3) is 1.00. The molecule has 60 valence electrons. The summed E-state index contributed by atoms with van der Waals surface area (Å²) in [5.74, 6) is -0.486. The van der Waals surface area contributed by atoms with Gasteiger partial charge in [0.15, 0.2) is 0 Å². The summed E-state index contributed by atoms with van der Waals surface area (Å²) in [7, 11) is -4.01. The molecule has 0 heterocycles. The SMILES string of the molecule is O=S(=O)(CCCO)OF.[H-].[H-].[Na+].[Na+]. The standard InChI is InChI=1S/C3H7FO4S.2Na.2H/c4-8-9(6,7)3-1-2-5;;;;/h5H,1-3H2;;;;/q;2*+1;2*-1. The summed E-state index contributed by atoms with van der Waals surface area (Å²) in [4.78, 5) is 0. The molecular weight excluding hydrogens is 197 g/mol. The molecule has 0 saturated heterocycles. The van der Waals surface area contributed by atoms with Gasteiger partial charge in [-0.1, -0.05) is 4.39 Å². The molecule has 0 fully saturated rings. The van der Waals surface area contributed by atoms with Crippen LogP contribution in [0.4, 0.5) is 4.53 Å². The number of aliphatic hydroxyl groups excluding tert-OH is 1. The van der Waals surface area contributed by atoms with E-state index < -0.39 is 15.9 Å². The monoisotopic (exact) mass is 206 g/mol. The van der Waals surface area contributed by atoms with Gasteiger partial charge in [0.1, 0.15) is 0 Å². The summed E-state index contributed by atoms with van der Waals surface area (Å²) in [5.41, 5.74) is 0. The second-order valence-corrected chi connectivity index (χ2v) is 3.05. The predicted octanol–water partition coefficient (Wildman–Crippen LogP) is -6.17. The molecule has 0 bridgehead atoms. The molecule has 0 aromatic heterocycles. The molecular formula is C3H9FNa2O4S. The third-order valence-electron chi connectivity index (χ3n) is 0.648. The average Bonchev–Trinajstić information content (AvgIpc) is 1.84. The van der Waals surface area contributed by atoms with Crippen molar-refractivity contribution in [3.8, 4) is 0 Å². The maximum absolute atomic E-state index is 10.9. The van der Waals surface area contributed by atoms with Gasteiger partial charge in [0.05, 0.1) is 5.75 Å². The van der Waals surface area contributed by atoms with Crippen LogP contribution in [0.15, 0.2) is 0 Å². The Morgan fingerprint density at radius 3 is 2.18 bits per heavy atom. The molecule has 0 spiro atoms. The number of aliphatic hydroxyl groups is 1. The van der Waals surface area contributed by atoms with Gasteiger partial charge in [-0.3, -0.25) is 0 Å². The first kappa shape index (κ1) is 18.6. The third kappa shape index (κ3) is 11.8. The summed E-state index contributed by atoms with van der Waals surface area (Å²) >= 11 is 0. The number of hydrogen-bond acceptors (Lipinski definition) is 4. The van der Waals surface area contributed by atoms with E-state index in [0.717, 1.165) is 0 Å². The molecule has 0 aliphatic rings. The Labute approximate surface area is 112 Å². The van der Waals surface area contributed by atoms with Gasteiger partial charge in [-0.25, -0.2) is 0 Å². The molecule has 0 amide bonds. The molecule has 0 unspecified atom stereocenters.